The van der Waals surface area contributed by atoms with Crippen molar-refractivity contribution in [3.8, 4) is 11.5 Å². The first-order valence-electron chi connectivity index (χ1n) is 8.06. The number of amides is 1. The van der Waals surface area contributed by atoms with Crippen molar-refractivity contribution in [1.82, 2.24) is 5.43 Å². The molecule has 132 valence electrons. The highest BCUT2D eigenvalue weighted by Crippen LogP contribution is 2.15. The Morgan fingerprint density at radius 3 is 2.28 bits per heavy atom. The van der Waals surface area contributed by atoms with E-state index in [-0.39, 0.29) is 12.5 Å². The Kier molecular flexibility index (Phi) is 6.83. The SMILES string of the molecule is CCOc1ccc(NCC(=O)NN=C(C)c2ccc(OC)cc2)cc1. The molecule has 6 nitrogen and oxygen atoms in total. The van der Waals surface area contributed by atoms with Gasteiger partial charge in [0.2, 0.25) is 0 Å². The van der Waals surface area contributed by atoms with E-state index < -0.39 is 0 Å². The van der Waals surface area contributed by atoms with Gasteiger partial charge in [0.15, 0.2) is 0 Å². The number of nitrogens with one attached hydrogen (secondary N) is 2. The molecule has 0 atom stereocenters. The molecular weight excluding hydrogens is 318 g/mol. The Hall–Kier alpha value is -3.02. The van der Waals surface area contributed by atoms with Gasteiger partial charge < -0.3 is 14.8 Å². The molecular formula is C19H23N3O3. The summed E-state index contributed by atoms with van der Waals surface area (Å²) in [6, 6.07) is 14.9. The summed E-state index contributed by atoms with van der Waals surface area (Å²) in [6.07, 6.45) is 0. The molecule has 0 aromatic heterocycles. The predicted molar refractivity (Wildman–Crippen MR) is 99.4 cm³/mol. The van der Waals surface area contributed by atoms with Crippen LogP contribution >= 0.6 is 0 Å². The van der Waals surface area contributed by atoms with Gasteiger partial charge in [-0.3, -0.25) is 4.79 Å². The fourth-order valence-electron chi connectivity index (χ4n) is 2.10. The van der Waals surface area contributed by atoms with E-state index in [9.17, 15) is 4.79 Å². The highest BCUT2D eigenvalue weighted by atomic mass is 16.5. The lowest BCUT2D eigenvalue weighted by molar-refractivity contribution is -0.119. The second-order valence-electron chi connectivity index (χ2n) is 5.27. The summed E-state index contributed by atoms with van der Waals surface area (Å²) in [6.45, 7) is 4.53. The monoisotopic (exact) mass is 341 g/mol. The lowest BCUT2D eigenvalue weighted by atomic mass is 10.1. The summed E-state index contributed by atoms with van der Waals surface area (Å²) in [4.78, 5) is 11.9. The van der Waals surface area contributed by atoms with E-state index in [1.807, 2.05) is 62.4 Å². The highest BCUT2D eigenvalue weighted by molar-refractivity contribution is 5.99. The average molecular weight is 341 g/mol. The minimum atomic E-state index is -0.221. The molecule has 0 radical (unpaired) electrons. The molecule has 2 aromatic carbocycles. The third-order valence-corrected chi connectivity index (χ3v) is 3.47. The second-order valence-corrected chi connectivity index (χ2v) is 5.27. The van der Waals surface area contributed by atoms with Gasteiger partial charge in [0.05, 0.1) is 26.0 Å². The van der Waals surface area contributed by atoms with Gasteiger partial charge in [0.1, 0.15) is 11.5 Å². The zero-order valence-electron chi connectivity index (χ0n) is 14.7. The predicted octanol–water partition coefficient (Wildman–Crippen LogP) is 3.05. The number of hydrogen-bond acceptors (Lipinski definition) is 5. The zero-order valence-corrected chi connectivity index (χ0v) is 14.7. The van der Waals surface area contributed by atoms with E-state index in [1.165, 1.54) is 0 Å². The fraction of sp³-hybridized carbons (Fsp3) is 0.263. The van der Waals surface area contributed by atoms with Gasteiger partial charge in [-0.2, -0.15) is 5.10 Å². The van der Waals surface area contributed by atoms with Crippen LogP contribution in [0.25, 0.3) is 0 Å². The molecule has 0 aliphatic rings. The first-order chi connectivity index (χ1) is 12.1. The first-order valence-corrected chi connectivity index (χ1v) is 8.06. The third-order valence-electron chi connectivity index (χ3n) is 3.47. The molecule has 2 N–H and O–H groups in total. The zero-order chi connectivity index (χ0) is 18.1. The van der Waals surface area contributed by atoms with Crippen molar-refractivity contribution in [2.75, 3.05) is 25.6 Å². The van der Waals surface area contributed by atoms with Crippen LogP contribution in [0.1, 0.15) is 19.4 Å². The maximum Gasteiger partial charge on any atom is 0.259 e. The van der Waals surface area contributed by atoms with Gasteiger partial charge in [-0.1, -0.05) is 0 Å². The minimum absolute atomic E-state index is 0.132. The summed E-state index contributed by atoms with van der Waals surface area (Å²) in [5.74, 6) is 1.36. The van der Waals surface area contributed by atoms with Crippen LogP contribution in [0, 0.1) is 0 Å². The molecule has 0 spiro atoms. The molecule has 0 heterocycles. The highest BCUT2D eigenvalue weighted by Gasteiger charge is 2.02. The van der Waals surface area contributed by atoms with Crippen LogP contribution in [-0.4, -0.2) is 31.9 Å². The average Bonchev–Trinajstić information content (AvgIpc) is 2.66. The number of ether oxygens (including phenoxy) is 2. The molecule has 0 bridgehead atoms. The topological polar surface area (TPSA) is 72.0 Å². The molecule has 1 amide bonds. The molecule has 0 aliphatic carbocycles. The number of nitrogens with zero attached hydrogens (tertiary/aromatic N) is 1. The molecule has 0 aliphatic heterocycles. The van der Waals surface area contributed by atoms with Crippen molar-refractivity contribution >= 4 is 17.3 Å². The van der Waals surface area contributed by atoms with Gasteiger partial charge in [-0.05, 0) is 67.9 Å². The van der Waals surface area contributed by atoms with E-state index in [2.05, 4.69) is 15.8 Å². The van der Waals surface area contributed by atoms with Crippen LogP contribution < -0.4 is 20.2 Å². The van der Waals surface area contributed by atoms with Gasteiger partial charge in [0, 0.05) is 5.69 Å². The molecule has 0 saturated carbocycles. The number of anilines is 1. The summed E-state index contributed by atoms with van der Waals surface area (Å²) < 4.78 is 10.5. The van der Waals surface area contributed by atoms with E-state index in [0.29, 0.717) is 6.61 Å². The molecule has 0 saturated heterocycles. The molecule has 2 rings (SSSR count). The van der Waals surface area contributed by atoms with Crippen LogP contribution in [-0.2, 0) is 4.79 Å². The number of carbonyl (C=O) groups is 1. The van der Waals surface area contributed by atoms with Gasteiger partial charge in [0.25, 0.3) is 5.91 Å². The van der Waals surface area contributed by atoms with Crippen molar-refractivity contribution in [2.24, 2.45) is 5.10 Å². The van der Waals surface area contributed by atoms with Gasteiger partial charge in [-0.15, -0.1) is 0 Å². The van der Waals surface area contributed by atoms with Crippen molar-refractivity contribution < 1.29 is 14.3 Å². The summed E-state index contributed by atoms with van der Waals surface area (Å²) in [5.41, 5.74) is 5.02. The maximum absolute atomic E-state index is 11.9. The number of hydrogen-bond donors (Lipinski definition) is 2. The van der Waals surface area contributed by atoms with Crippen LogP contribution in [0.3, 0.4) is 0 Å². The minimum Gasteiger partial charge on any atom is -0.497 e. The Morgan fingerprint density at radius 1 is 1.04 bits per heavy atom. The van der Waals surface area contributed by atoms with Crippen LogP contribution in [0.5, 0.6) is 11.5 Å². The maximum atomic E-state index is 11.9. The van der Waals surface area contributed by atoms with Crippen LogP contribution in [0.4, 0.5) is 5.69 Å². The third kappa shape index (κ3) is 5.84. The lowest BCUT2D eigenvalue weighted by Gasteiger charge is -2.08. The molecule has 0 unspecified atom stereocenters. The smallest absolute Gasteiger partial charge is 0.259 e. The number of benzene rings is 2. The van der Waals surface area contributed by atoms with Gasteiger partial charge >= 0.3 is 0 Å². The number of rotatable bonds is 8. The second kappa shape index (κ2) is 9.32. The lowest BCUT2D eigenvalue weighted by Crippen LogP contribution is -2.26. The summed E-state index contributed by atoms with van der Waals surface area (Å²) in [5, 5.41) is 7.16. The van der Waals surface area contributed by atoms with Crippen molar-refractivity contribution in [3.05, 3.63) is 54.1 Å². The Labute approximate surface area is 147 Å². The number of methoxy groups -OCH3 is 1. The Morgan fingerprint density at radius 2 is 1.68 bits per heavy atom. The normalized spacial score (nSPS) is 10.9. The van der Waals surface area contributed by atoms with E-state index in [0.717, 1.165) is 28.5 Å². The van der Waals surface area contributed by atoms with E-state index in [1.54, 1.807) is 7.11 Å². The Balaban J connectivity index is 1.82. The van der Waals surface area contributed by atoms with E-state index in [4.69, 9.17) is 9.47 Å². The van der Waals surface area contributed by atoms with Crippen LogP contribution in [0.15, 0.2) is 53.6 Å². The molecule has 0 fully saturated rings. The standard InChI is InChI=1S/C19H23N3O3/c1-4-25-18-11-7-16(8-12-18)20-13-19(23)22-21-14(2)15-5-9-17(24-3)10-6-15/h5-12,20H,4,13H2,1-3H3,(H,22,23). The van der Waals surface area contributed by atoms with Gasteiger partial charge in [-0.25, -0.2) is 5.43 Å². The summed E-state index contributed by atoms with van der Waals surface area (Å²) in [7, 11) is 1.62. The molecule has 25 heavy (non-hydrogen) atoms. The fourth-order valence-corrected chi connectivity index (χ4v) is 2.10. The van der Waals surface area contributed by atoms with Crippen LogP contribution in [0.2, 0.25) is 0 Å². The molecule has 6 heteroatoms. The molecule has 2 aromatic rings. The van der Waals surface area contributed by atoms with Crippen molar-refractivity contribution in [2.45, 2.75) is 13.8 Å². The Bertz CT molecular complexity index is 710. The summed E-state index contributed by atoms with van der Waals surface area (Å²) >= 11 is 0. The quantitative estimate of drug-likeness (QED) is 0.572. The van der Waals surface area contributed by atoms with Crippen molar-refractivity contribution in [1.29, 1.82) is 0 Å². The first kappa shape index (κ1) is 18.3. The number of carbonyl (C=O) groups excluding carboxylic acids is 1. The number of hydrazone groups is 1. The van der Waals surface area contributed by atoms with Crippen molar-refractivity contribution in [3.63, 3.8) is 0 Å². The largest absolute Gasteiger partial charge is 0.497 e. The van der Waals surface area contributed by atoms with E-state index >= 15 is 0 Å².